The van der Waals surface area contributed by atoms with Crippen molar-refractivity contribution in [3.05, 3.63) is 0 Å². The molecule has 5 atom stereocenters. The fraction of sp³-hybridized carbons (Fsp3) is 1.00. The van der Waals surface area contributed by atoms with Crippen molar-refractivity contribution in [2.24, 2.45) is 0 Å². The van der Waals surface area contributed by atoms with Crippen molar-refractivity contribution in [3.8, 4) is 0 Å². The minimum absolute atomic E-state index is 0.168. The first-order valence-corrected chi connectivity index (χ1v) is 10.9. The predicted octanol–water partition coefficient (Wildman–Crippen LogP) is 1.88. The Bertz CT molecular complexity index is 364. The Balaban J connectivity index is 2.19. The van der Waals surface area contributed by atoms with Crippen molar-refractivity contribution in [2.45, 2.75) is 82.7 Å². The second kappa shape index (κ2) is 10.8. The highest BCUT2D eigenvalue weighted by Crippen LogP contribution is 2.44. The number of hydrogen-bond donors (Lipinski definition) is 4. The Labute approximate surface area is 139 Å². The van der Waals surface area contributed by atoms with E-state index in [1.54, 1.807) is 0 Å². The average Bonchev–Trinajstić information content (AvgIpc) is 2.77. The highest BCUT2D eigenvalue weighted by Gasteiger charge is 2.44. The van der Waals surface area contributed by atoms with E-state index in [4.69, 9.17) is 9.84 Å². The molecule has 6 nitrogen and oxygen atoms in total. The third-order valence-corrected chi connectivity index (χ3v) is 6.41. The SMILES string of the molecule is CCCCCCCCCCP(=O)(O)C[C@@H]1O[C@H](CO)[C@@H](O)[C@@H]1O. The Morgan fingerprint density at radius 1 is 0.913 bits per heavy atom. The van der Waals surface area contributed by atoms with E-state index in [0.717, 1.165) is 12.8 Å². The molecule has 1 aliphatic heterocycles. The van der Waals surface area contributed by atoms with Crippen LogP contribution in [0.4, 0.5) is 0 Å². The molecule has 1 rings (SSSR count). The lowest BCUT2D eigenvalue weighted by Gasteiger charge is -2.18. The average molecular weight is 352 g/mol. The second-order valence-electron chi connectivity index (χ2n) is 6.60. The first-order valence-electron chi connectivity index (χ1n) is 8.84. The van der Waals surface area contributed by atoms with Gasteiger partial charge in [-0.1, -0.05) is 51.9 Å². The third kappa shape index (κ3) is 7.63. The monoisotopic (exact) mass is 352 g/mol. The topological polar surface area (TPSA) is 107 Å². The summed E-state index contributed by atoms with van der Waals surface area (Å²) in [5.41, 5.74) is 0. The van der Waals surface area contributed by atoms with Crippen LogP contribution < -0.4 is 0 Å². The molecule has 1 heterocycles. The van der Waals surface area contributed by atoms with Crippen molar-refractivity contribution >= 4 is 7.37 Å². The van der Waals surface area contributed by atoms with Crippen LogP contribution in [0.5, 0.6) is 0 Å². The van der Waals surface area contributed by atoms with E-state index < -0.39 is 38.4 Å². The largest absolute Gasteiger partial charge is 0.394 e. The first kappa shape index (κ1) is 21.1. The molecule has 0 aromatic carbocycles. The van der Waals surface area contributed by atoms with Crippen LogP contribution in [0.15, 0.2) is 0 Å². The van der Waals surface area contributed by atoms with Gasteiger partial charge in [-0.15, -0.1) is 0 Å². The predicted molar refractivity (Wildman–Crippen MR) is 89.9 cm³/mol. The van der Waals surface area contributed by atoms with Crippen molar-refractivity contribution in [1.29, 1.82) is 0 Å². The van der Waals surface area contributed by atoms with E-state index in [1.165, 1.54) is 32.1 Å². The van der Waals surface area contributed by atoms with Crippen molar-refractivity contribution in [3.63, 3.8) is 0 Å². The molecule has 7 heteroatoms. The molecule has 0 amide bonds. The Kier molecular flexibility index (Phi) is 9.90. The molecule has 0 bridgehead atoms. The molecule has 0 aromatic heterocycles. The van der Waals surface area contributed by atoms with Crippen LogP contribution >= 0.6 is 7.37 Å². The molecule has 0 aliphatic carbocycles. The molecule has 138 valence electrons. The lowest BCUT2D eigenvalue weighted by molar-refractivity contribution is -0.0168. The van der Waals surface area contributed by atoms with Crippen LogP contribution in [0.3, 0.4) is 0 Å². The number of ether oxygens (including phenoxy) is 1. The fourth-order valence-electron chi connectivity index (χ4n) is 2.99. The molecule has 1 saturated heterocycles. The lowest BCUT2D eigenvalue weighted by Crippen LogP contribution is -2.34. The summed E-state index contributed by atoms with van der Waals surface area (Å²) in [5.74, 6) is 0. The van der Waals surface area contributed by atoms with Crippen LogP contribution in [0, 0.1) is 0 Å². The number of unbranched alkanes of at least 4 members (excludes halogenated alkanes) is 7. The smallest absolute Gasteiger partial charge is 0.203 e. The summed E-state index contributed by atoms with van der Waals surface area (Å²) >= 11 is 0. The van der Waals surface area contributed by atoms with Gasteiger partial charge in [0.2, 0.25) is 7.37 Å². The van der Waals surface area contributed by atoms with Gasteiger partial charge in [0.1, 0.15) is 18.3 Å². The van der Waals surface area contributed by atoms with Crippen molar-refractivity contribution in [1.82, 2.24) is 0 Å². The van der Waals surface area contributed by atoms with Crippen LogP contribution in [-0.4, -0.2) is 63.6 Å². The summed E-state index contributed by atoms with van der Waals surface area (Å²) in [7, 11) is -3.39. The third-order valence-electron chi connectivity index (χ3n) is 4.47. The zero-order valence-corrected chi connectivity index (χ0v) is 15.0. The van der Waals surface area contributed by atoms with E-state index in [9.17, 15) is 19.7 Å². The molecule has 0 aromatic rings. The molecule has 0 saturated carbocycles. The maximum Gasteiger partial charge on any atom is 0.203 e. The molecular weight excluding hydrogens is 319 g/mol. The number of aliphatic hydroxyl groups is 3. The Hall–Kier alpha value is 0.0300. The molecule has 4 N–H and O–H groups in total. The number of hydrogen-bond acceptors (Lipinski definition) is 5. The van der Waals surface area contributed by atoms with Crippen LogP contribution in [0.25, 0.3) is 0 Å². The summed E-state index contributed by atoms with van der Waals surface area (Å²) in [6, 6.07) is 0. The van der Waals surface area contributed by atoms with Gasteiger partial charge in [-0.3, -0.25) is 4.57 Å². The summed E-state index contributed by atoms with van der Waals surface area (Å²) in [6.45, 7) is 1.77. The summed E-state index contributed by atoms with van der Waals surface area (Å²) in [6.07, 6.45) is 4.75. The van der Waals surface area contributed by atoms with Gasteiger partial charge in [-0.2, -0.15) is 0 Å². The van der Waals surface area contributed by atoms with Gasteiger partial charge in [-0.25, -0.2) is 0 Å². The fourth-order valence-corrected chi connectivity index (χ4v) is 4.76. The zero-order chi connectivity index (χ0) is 17.3. The van der Waals surface area contributed by atoms with Gasteiger partial charge >= 0.3 is 0 Å². The van der Waals surface area contributed by atoms with Gasteiger partial charge in [0.05, 0.1) is 18.9 Å². The Morgan fingerprint density at radius 2 is 1.43 bits per heavy atom. The molecule has 0 spiro atoms. The maximum absolute atomic E-state index is 12.2. The zero-order valence-electron chi connectivity index (χ0n) is 14.1. The lowest BCUT2D eigenvalue weighted by atomic mass is 10.1. The van der Waals surface area contributed by atoms with Crippen molar-refractivity contribution < 1.29 is 29.5 Å². The first-order chi connectivity index (χ1) is 10.9. The van der Waals surface area contributed by atoms with E-state index in [1.807, 2.05) is 0 Å². The van der Waals surface area contributed by atoms with Crippen molar-refractivity contribution in [2.75, 3.05) is 18.9 Å². The normalized spacial score (nSPS) is 30.5. The van der Waals surface area contributed by atoms with Crippen LogP contribution in [0.2, 0.25) is 0 Å². The summed E-state index contributed by atoms with van der Waals surface area (Å²) in [4.78, 5) is 10.0. The summed E-state index contributed by atoms with van der Waals surface area (Å²) in [5, 5.41) is 28.5. The molecular formula is C16H33O6P. The Morgan fingerprint density at radius 3 is 1.96 bits per heavy atom. The molecule has 1 unspecified atom stereocenters. The minimum Gasteiger partial charge on any atom is -0.394 e. The standard InChI is InChI=1S/C16H33O6P/c1-2-3-4-5-6-7-8-9-10-23(20,21)12-14-16(19)15(18)13(11-17)22-14/h13-19H,2-12H2,1H3,(H,20,21)/t13-,14+,15-,16-/m1/s1. The van der Waals surface area contributed by atoms with E-state index >= 15 is 0 Å². The molecule has 1 fully saturated rings. The maximum atomic E-state index is 12.2. The van der Waals surface area contributed by atoms with Gasteiger partial charge in [0.15, 0.2) is 0 Å². The quantitative estimate of drug-likeness (QED) is 0.316. The minimum atomic E-state index is -3.39. The highest BCUT2D eigenvalue weighted by molar-refractivity contribution is 7.58. The highest BCUT2D eigenvalue weighted by atomic mass is 31.2. The second-order valence-corrected chi connectivity index (χ2v) is 9.11. The van der Waals surface area contributed by atoms with E-state index in [0.29, 0.717) is 6.42 Å². The van der Waals surface area contributed by atoms with Gasteiger partial charge in [0, 0.05) is 6.16 Å². The van der Waals surface area contributed by atoms with Crippen LogP contribution in [-0.2, 0) is 9.30 Å². The van der Waals surface area contributed by atoms with Gasteiger partial charge < -0.3 is 24.9 Å². The molecule has 1 aliphatic rings. The number of rotatable bonds is 12. The van der Waals surface area contributed by atoms with E-state index in [-0.39, 0.29) is 12.3 Å². The number of aliphatic hydroxyl groups excluding tert-OH is 3. The van der Waals surface area contributed by atoms with Gasteiger partial charge in [0.25, 0.3) is 0 Å². The molecule has 23 heavy (non-hydrogen) atoms. The molecule has 0 radical (unpaired) electrons. The van der Waals surface area contributed by atoms with Crippen LogP contribution in [0.1, 0.15) is 58.3 Å². The van der Waals surface area contributed by atoms with E-state index in [2.05, 4.69) is 6.92 Å². The summed E-state index contributed by atoms with van der Waals surface area (Å²) < 4.78 is 17.5. The van der Waals surface area contributed by atoms with Gasteiger partial charge in [-0.05, 0) is 6.42 Å².